The van der Waals surface area contributed by atoms with Gasteiger partial charge in [-0.2, -0.15) is 0 Å². The van der Waals surface area contributed by atoms with E-state index in [9.17, 15) is 9.59 Å². The standard InChI is InChI=1S/C20H23N3O2S/c1-4-18(24)21-15-7-5-6-14(12-15)20-23(19(25)13-26-20)17-10-8-16(9-11-17)22(2)3/h5-12,20H,4,13H2,1-3H3,(H,21,24)/t20-/m0/s1. The number of nitrogens with zero attached hydrogens (tertiary/aromatic N) is 2. The molecule has 0 radical (unpaired) electrons. The maximum Gasteiger partial charge on any atom is 0.238 e. The second kappa shape index (κ2) is 7.83. The second-order valence-electron chi connectivity index (χ2n) is 6.37. The Balaban J connectivity index is 1.88. The first-order valence-electron chi connectivity index (χ1n) is 8.60. The first-order chi connectivity index (χ1) is 12.5. The molecule has 26 heavy (non-hydrogen) atoms. The molecule has 1 fully saturated rings. The van der Waals surface area contributed by atoms with Gasteiger partial charge in [0.1, 0.15) is 5.37 Å². The van der Waals surface area contributed by atoms with E-state index in [1.807, 2.05) is 79.3 Å². The van der Waals surface area contributed by atoms with E-state index < -0.39 is 0 Å². The summed E-state index contributed by atoms with van der Waals surface area (Å²) in [7, 11) is 3.98. The van der Waals surface area contributed by atoms with Gasteiger partial charge in [-0.15, -0.1) is 11.8 Å². The van der Waals surface area contributed by atoms with Crippen molar-refractivity contribution < 1.29 is 9.59 Å². The highest BCUT2D eigenvalue weighted by Crippen LogP contribution is 2.42. The third kappa shape index (κ3) is 3.85. The predicted molar refractivity (Wildman–Crippen MR) is 109 cm³/mol. The molecule has 1 aliphatic rings. The van der Waals surface area contributed by atoms with E-state index in [0.29, 0.717) is 12.2 Å². The molecule has 3 rings (SSSR count). The molecule has 0 bridgehead atoms. The van der Waals surface area contributed by atoms with Crippen molar-refractivity contribution in [3.05, 3.63) is 54.1 Å². The fraction of sp³-hybridized carbons (Fsp3) is 0.300. The largest absolute Gasteiger partial charge is 0.378 e. The molecule has 0 aliphatic carbocycles. The van der Waals surface area contributed by atoms with Gasteiger partial charge in [0.2, 0.25) is 11.8 Å². The fourth-order valence-corrected chi connectivity index (χ4v) is 4.05. The Labute approximate surface area is 158 Å². The molecule has 0 saturated carbocycles. The molecule has 6 heteroatoms. The smallest absolute Gasteiger partial charge is 0.238 e. The number of benzene rings is 2. The Kier molecular flexibility index (Phi) is 5.52. The summed E-state index contributed by atoms with van der Waals surface area (Å²) in [5.41, 5.74) is 3.75. The fourth-order valence-electron chi connectivity index (χ4n) is 2.88. The number of rotatable bonds is 5. The third-order valence-electron chi connectivity index (χ3n) is 4.29. The van der Waals surface area contributed by atoms with Crippen LogP contribution in [0.1, 0.15) is 24.3 Å². The van der Waals surface area contributed by atoms with Crippen molar-refractivity contribution >= 4 is 40.6 Å². The van der Waals surface area contributed by atoms with E-state index in [1.54, 1.807) is 11.8 Å². The van der Waals surface area contributed by atoms with Gasteiger partial charge in [-0.1, -0.05) is 19.1 Å². The lowest BCUT2D eigenvalue weighted by Gasteiger charge is -2.25. The minimum atomic E-state index is -0.0915. The van der Waals surface area contributed by atoms with Crippen LogP contribution in [0, 0.1) is 0 Å². The Morgan fingerprint density at radius 3 is 2.62 bits per heavy atom. The van der Waals surface area contributed by atoms with E-state index in [1.165, 1.54) is 0 Å². The topological polar surface area (TPSA) is 52.7 Å². The van der Waals surface area contributed by atoms with E-state index in [-0.39, 0.29) is 17.2 Å². The number of carbonyl (C=O) groups excluding carboxylic acids is 2. The van der Waals surface area contributed by atoms with Crippen LogP contribution in [-0.2, 0) is 9.59 Å². The third-order valence-corrected chi connectivity index (χ3v) is 5.50. The molecule has 1 aliphatic heterocycles. The predicted octanol–water partition coefficient (Wildman–Crippen LogP) is 3.88. The van der Waals surface area contributed by atoms with Gasteiger partial charge in [0.25, 0.3) is 0 Å². The van der Waals surface area contributed by atoms with Gasteiger partial charge in [-0.3, -0.25) is 14.5 Å². The van der Waals surface area contributed by atoms with Gasteiger partial charge in [0, 0.05) is 37.6 Å². The van der Waals surface area contributed by atoms with Gasteiger partial charge in [0.05, 0.1) is 5.75 Å². The number of carbonyl (C=O) groups is 2. The molecule has 2 aromatic carbocycles. The van der Waals surface area contributed by atoms with E-state index in [0.717, 1.165) is 22.6 Å². The molecule has 0 unspecified atom stereocenters. The van der Waals surface area contributed by atoms with Crippen LogP contribution < -0.4 is 15.1 Å². The minimum Gasteiger partial charge on any atom is -0.378 e. The maximum absolute atomic E-state index is 12.5. The lowest BCUT2D eigenvalue weighted by Crippen LogP contribution is -2.27. The molecule has 1 heterocycles. The molecular formula is C20H23N3O2S. The van der Waals surface area contributed by atoms with E-state index in [4.69, 9.17) is 0 Å². The average molecular weight is 369 g/mol. The maximum atomic E-state index is 12.5. The quantitative estimate of drug-likeness (QED) is 0.869. The van der Waals surface area contributed by atoms with Gasteiger partial charge < -0.3 is 10.2 Å². The van der Waals surface area contributed by atoms with Crippen molar-refractivity contribution in [3.63, 3.8) is 0 Å². The number of amides is 2. The summed E-state index contributed by atoms with van der Waals surface area (Å²) < 4.78 is 0. The number of hydrogen-bond acceptors (Lipinski definition) is 4. The molecule has 2 amide bonds. The lowest BCUT2D eigenvalue weighted by molar-refractivity contribution is -0.116. The van der Waals surface area contributed by atoms with Crippen molar-refractivity contribution in [3.8, 4) is 0 Å². The van der Waals surface area contributed by atoms with Crippen LogP contribution in [0.3, 0.4) is 0 Å². The highest BCUT2D eigenvalue weighted by molar-refractivity contribution is 8.00. The molecule has 0 aromatic heterocycles. The summed E-state index contributed by atoms with van der Waals surface area (Å²) in [5.74, 6) is 0.528. The summed E-state index contributed by atoms with van der Waals surface area (Å²) in [6.07, 6.45) is 0.436. The zero-order chi connectivity index (χ0) is 18.7. The van der Waals surface area contributed by atoms with Crippen molar-refractivity contribution in [2.45, 2.75) is 18.7 Å². The van der Waals surface area contributed by atoms with Crippen LogP contribution in [-0.4, -0.2) is 31.7 Å². The normalized spacial score (nSPS) is 16.7. The van der Waals surface area contributed by atoms with Gasteiger partial charge in [-0.25, -0.2) is 0 Å². The number of nitrogens with one attached hydrogen (secondary N) is 1. The number of hydrogen-bond donors (Lipinski definition) is 1. The first-order valence-corrected chi connectivity index (χ1v) is 9.65. The van der Waals surface area contributed by atoms with Crippen molar-refractivity contribution in [2.75, 3.05) is 35.0 Å². The van der Waals surface area contributed by atoms with Crippen molar-refractivity contribution in [1.29, 1.82) is 0 Å². The zero-order valence-electron chi connectivity index (χ0n) is 15.2. The summed E-state index contributed by atoms with van der Waals surface area (Å²) in [6.45, 7) is 1.82. The number of thioether (sulfide) groups is 1. The van der Waals surface area contributed by atoms with Gasteiger partial charge in [0.15, 0.2) is 0 Å². The van der Waals surface area contributed by atoms with Crippen LogP contribution in [0.2, 0.25) is 0 Å². The van der Waals surface area contributed by atoms with Crippen molar-refractivity contribution in [2.24, 2.45) is 0 Å². The van der Waals surface area contributed by atoms with Crippen molar-refractivity contribution in [1.82, 2.24) is 0 Å². The Morgan fingerprint density at radius 2 is 1.96 bits per heavy atom. The Hall–Kier alpha value is -2.47. The van der Waals surface area contributed by atoms with Crippen LogP contribution in [0.15, 0.2) is 48.5 Å². The monoisotopic (exact) mass is 369 g/mol. The molecular weight excluding hydrogens is 346 g/mol. The second-order valence-corrected chi connectivity index (χ2v) is 7.43. The molecule has 1 saturated heterocycles. The minimum absolute atomic E-state index is 0.0200. The zero-order valence-corrected chi connectivity index (χ0v) is 16.0. The summed E-state index contributed by atoms with van der Waals surface area (Å²) in [4.78, 5) is 28.0. The average Bonchev–Trinajstić information content (AvgIpc) is 3.03. The first kappa shape index (κ1) is 18.3. The van der Waals surface area contributed by atoms with E-state index in [2.05, 4.69) is 5.32 Å². The molecule has 136 valence electrons. The molecule has 2 aromatic rings. The SMILES string of the molecule is CCC(=O)Nc1cccc([C@@H]2SCC(=O)N2c2ccc(N(C)C)cc2)c1. The van der Waals surface area contributed by atoms with Crippen LogP contribution in [0.5, 0.6) is 0 Å². The van der Waals surface area contributed by atoms with Gasteiger partial charge >= 0.3 is 0 Å². The van der Waals surface area contributed by atoms with E-state index >= 15 is 0 Å². The molecule has 0 spiro atoms. The van der Waals surface area contributed by atoms with Gasteiger partial charge in [-0.05, 0) is 42.0 Å². The Bertz CT molecular complexity index is 805. The highest BCUT2D eigenvalue weighted by atomic mass is 32.2. The Morgan fingerprint density at radius 1 is 1.23 bits per heavy atom. The van der Waals surface area contributed by atoms with Crippen LogP contribution in [0.25, 0.3) is 0 Å². The van der Waals surface area contributed by atoms with Crippen LogP contribution in [0.4, 0.5) is 17.1 Å². The molecule has 1 atom stereocenters. The summed E-state index contributed by atoms with van der Waals surface area (Å²) in [5, 5.41) is 2.79. The highest BCUT2D eigenvalue weighted by Gasteiger charge is 2.34. The number of anilines is 3. The molecule has 5 nitrogen and oxygen atoms in total. The summed E-state index contributed by atoms with van der Waals surface area (Å²) in [6, 6.07) is 15.7. The van der Waals surface area contributed by atoms with Crippen LogP contribution >= 0.6 is 11.8 Å². The molecule has 1 N–H and O–H groups in total. The lowest BCUT2D eigenvalue weighted by atomic mass is 10.1. The summed E-state index contributed by atoms with van der Waals surface area (Å²) >= 11 is 1.60.